The van der Waals surface area contributed by atoms with Crippen molar-refractivity contribution in [3.63, 3.8) is 0 Å². The molecule has 1 aliphatic rings. The Labute approximate surface area is 198 Å². The molecule has 0 saturated carbocycles. The quantitative estimate of drug-likeness (QED) is 0.417. The van der Waals surface area contributed by atoms with Crippen LogP contribution in [0.2, 0.25) is 5.02 Å². The predicted octanol–water partition coefficient (Wildman–Crippen LogP) is 5.04. The Morgan fingerprint density at radius 1 is 1.06 bits per heavy atom. The monoisotopic (exact) mass is 462 g/mol. The van der Waals surface area contributed by atoms with E-state index in [2.05, 4.69) is 58.9 Å². The second-order valence-electron chi connectivity index (χ2n) is 8.26. The van der Waals surface area contributed by atoms with Crippen LogP contribution in [0.5, 0.6) is 11.5 Å². The molecule has 2 aromatic carbocycles. The maximum atomic E-state index is 6.37. The average molecular weight is 463 g/mol. The van der Waals surface area contributed by atoms with Gasteiger partial charge in [0.05, 0.1) is 24.9 Å². The zero-order chi connectivity index (χ0) is 22.8. The summed E-state index contributed by atoms with van der Waals surface area (Å²) in [7, 11) is 3.22. The van der Waals surface area contributed by atoms with E-state index in [4.69, 9.17) is 26.1 Å². The number of fused-ring (bicyclic) bond motifs is 1. The van der Waals surface area contributed by atoms with Crippen molar-refractivity contribution >= 4 is 22.9 Å². The maximum Gasteiger partial charge on any atom is 0.141 e. The number of hydrogen-bond donors (Lipinski definition) is 1. The van der Waals surface area contributed by atoms with Crippen molar-refractivity contribution in [1.82, 2.24) is 14.7 Å². The van der Waals surface area contributed by atoms with Crippen molar-refractivity contribution in [2.24, 2.45) is 0 Å². The Kier molecular flexibility index (Phi) is 6.11. The Hall–Kier alpha value is -3.22. The van der Waals surface area contributed by atoms with Crippen LogP contribution in [0.3, 0.4) is 0 Å². The van der Waals surface area contributed by atoms with Gasteiger partial charge in [0, 0.05) is 61.5 Å². The van der Waals surface area contributed by atoms with Gasteiger partial charge in [-0.05, 0) is 24.1 Å². The molecule has 1 unspecified atom stereocenters. The van der Waals surface area contributed by atoms with Crippen molar-refractivity contribution in [3.05, 3.63) is 77.6 Å². The van der Waals surface area contributed by atoms with E-state index in [1.54, 1.807) is 20.3 Å². The molecular weight excluding hydrogens is 436 g/mol. The first-order chi connectivity index (χ1) is 16.1. The number of anilines is 1. The lowest BCUT2D eigenvalue weighted by molar-refractivity contribution is 0.395. The van der Waals surface area contributed by atoms with Crippen molar-refractivity contribution in [2.75, 3.05) is 32.2 Å². The van der Waals surface area contributed by atoms with Crippen LogP contribution in [0.25, 0.3) is 16.9 Å². The number of nitrogens with one attached hydrogen (secondary N) is 1. The lowest BCUT2D eigenvalue weighted by atomic mass is 10.1. The first-order valence-electron chi connectivity index (χ1n) is 11.1. The fraction of sp³-hybridized carbons (Fsp3) is 0.269. The summed E-state index contributed by atoms with van der Waals surface area (Å²) < 4.78 is 12.9. The highest BCUT2D eigenvalue weighted by Gasteiger charge is 2.23. The van der Waals surface area contributed by atoms with Crippen molar-refractivity contribution in [2.45, 2.75) is 19.0 Å². The number of benzene rings is 2. The molecule has 1 atom stereocenters. The highest BCUT2D eigenvalue weighted by Crippen LogP contribution is 2.38. The molecule has 4 aromatic rings. The SMILES string of the molecule is COc1cc(OC)c(-c2cn3ccc(N4CCC(NCc5ccccc5)C4)cc3n2)cc1Cl. The van der Waals surface area contributed by atoms with Gasteiger partial charge in [-0.2, -0.15) is 0 Å². The maximum absolute atomic E-state index is 6.37. The predicted molar refractivity (Wildman–Crippen MR) is 133 cm³/mol. The minimum absolute atomic E-state index is 0.474. The molecule has 0 bridgehead atoms. The fourth-order valence-corrected chi connectivity index (χ4v) is 4.62. The molecule has 33 heavy (non-hydrogen) atoms. The third-order valence-electron chi connectivity index (χ3n) is 6.18. The summed E-state index contributed by atoms with van der Waals surface area (Å²) in [6.07, 6.45) is 5.18. The lowest BCUT2D eigenvalue weighted by Gasteiger charge is -2.19. The molecule has 3 heterocycles. The number of aromatic nitrogens is 2. The van der Waals surface area contributed by atoms with Crippen LogP contribution in [-0.4, -0.2) is 42.7 Å². The number of ether oxygens (including phenoxy) is 2. The van der Waals surface area contributed by atoms with E-state index in [9.17, 15) is 0 Å². The molecule has 0 spiro atoms. The number of halogens is 1. The Morgan fingerprint density at radius 2 is 1.88 bits per heavy atom. The van der Waals surface area contributed by atoms with Crippen LogP contribution < -0.4 is 19.7 Å². The third kappa shape index (κ3) is 4.49. The highest BCUT2D eigenvalue weighted by atomic mass is 35.5. The summed E-state index contributed by atoms with van der Waals surface area (Å²) in [5.74, 6) is 1.25. The number of rotatable bonds is 7. The van der Waals surface area contributed by atoms with Crippen LogP contribution in [0, 0.1) is 0 Å². The Bertz CT molecular complexity index is 1260. The van der Waals surface area contributed by atoms with Crippen molar-refractivity contribution < 1.29 is 9.47 Å². The van der Waals surface area contributed by atoms with Gasteiger partial charge >= 0.3 is 0 Å². The van der Waals surface area contributed by atoms with Gasteiger partial charge in [0.1, 0.15) is 17.1 Å². The van der Waals surface area contributed by atoms with E-state index >= 15 is 0 Å². The van der Waals surface area contributed by atoms with E-state index in [0.717, 1.165) is 43.0 Å². The van der Waals surface area contributed by atoms with Crippen LogP contribution in [0.4, 0.5) is 5.69 Å². The molecule has 0 radical (unpaired) electrons. The summed E-state index contributed by atoms with van der Waals surface area (Å²) in [6.45, 7) is 2.91. The van der Waals surface area contributed by atoms with Crippen LogP contribution in [0.15, 0.2) is 67.0 Å². The molecule has 1 N–H and O–H groups in total. The third-order valence-corrected chi connectivity index (χ3v) is 6.48. The fourth-order valence-electron chi connectivity index (χ4n) is 4.38. The summed E-state index contributed by atoms with van der Waals surface area (Å²) in [4.78, 5) is 7.27. The molecule has 0 aliphatic carbocycles. The minimum atomic E-state index is 0.474. The van der Waals surface area contributed by atoms with Gasteiger partial charge in [0.25, 0.3) is 0 Å². The smallest absolute Gasteiger partial charge is 0.141 e. The largest absolute Gasteiger partial charge is 0.496 e. The van der Waals surface area contributed by atoms with Gasteiger partial charge in [0.2, 0.25) is 0 Å². The number of imidazole rings is 1. The van der Waals surface area contributed by atoms with E-state index in [0.29, 0.717) is 22.6 Å². The standard InChI is InChI=1S/C26H27ClN4O2/c1-32-24-14-25(33-2)22(27)13-21(24)23-17-31-11-9-20(12-26(31)29-23)30-10-8-19(16-30)28-15-18-6-4-3-5-7-18/h3-7,9,11-14,17,19,28H,8,10,15-16H2,1-2H3. The van der Waals surface area contributed by atoms with E-state index in [1.165, 1.54) is 11.3 Å². The van der Waals surface area contributed by atoms with E-state index in [1.807, 2.05) is 16.7 Å². The van der Waals surface area contributed by atoms with Gasteiger partial charge in [-0.25, -0.2) is 4.98 Å². The second kappa shape index (κ2) is 9.33. The topological polar surface area (TPSA) is 51.0 Å². The minimum Gasteiger partial charge on any atom is -0.496 e. The molecule has 7 heteroatoms. The molecule has 2 aromatic heterocycles. The first kappa shape index (κ1) is 21.6. The zero-order valence-electron chi connectivity index (χ0n) is 18.8. The van der Waals surface area contributed by atoms with Gasteiger partial charge in [-0.15, -0.1) is 0 Å². The summed E-state index contributed by atoms with van der Waals surface area (Å²) in [5, 5.41) is 4.21. The molecule has 0 amide bonds. The van der Waals surface area contributed by atoms with E-state index < -0.39 is 0 Å². The zero-order valence-corrected chi connectivity index (χ0v) is 19.5. The first-order valence-corrected chi connectivity index (χ1v) is 11.5. The summed E-state index contributed by atoms with van der Waals surface area (Å²) in [5.41, 5.74) is 5.02. The molecule has 1 aliphatic heterocycles. The van der Waals surface area contributed by atoms with Gasteiger partial charge in [0.15, 0.2) is 0 Å². The van der Waals surface area contributed by atoms with Crippen LogP contribution >= 0.6 is 11.6 Å². The molecule has 6 nitrogen and oxygen atoms in total. The Balaban J connectivity index is 1.33. The normalized spacial score (nSPS) is 15.8. The highest BCUT2D eigenvalue weighted by molar-refractivity contribution is 6.32. The summed E-state index contributed by atoms with van der Waals surface area (Å²) >= 11 is 6.37. The van der Waals surface area contributed by atoms with Crippen LogP contribution in [-0.2, 0) is 6.54 Å². The molecule has 1 fully saturated rings. The summed E-state index contributed by atoms with van der Waals surface area (Å²) in [6, 6.07) is 18.9. The van der Waals surface area contributed by atoms with Gasteiger partial charge < -0.3 is 24.1 Å². The number of hydrogen-bond acceptors (Lipinski definition) is 5. The molecule has 1 saturated heterocycles. The molecule has 170 valence electrons. The van der Waals surface area contributed by atoms with Crippen LogP contribution in [0.1, 0.15) is 12.0 Å². The molecule has 5 rings (SSSR count). The van der Waals surface area contributed by atoms with Crippen molar-refractivity contribution in [1.29, 1.82) is 0 Å². The van der Waals surface area contributed by atoms with E-state index in [-0.39, 0.29) is 0 Å². The van der Waals surface area contributed by atoms with Gasteiger partial charge in [-0.1, -0.05) is 41.9 Å². The lowest BCUT2D eigenvalue weighted by Crippen LogP contribution is -2.32. The number of methoxy groups -OCH3 is 2. The molecular formula is C26H27ClN4O2. The van der Waals surface area contributed by atoms with Crippen molar-refractivity contribution in [3.8, 4) is 22.8 Å². The average Bonchev–Trinajstić information content (AvgIpc) is 3.50. The van der Waals surface area contributed by atoms with Gasteiger partial charge in [-0.3, -0.25) is 0 Å². The number of nitrogens with zero attached hydrogens (tertiary/aromatic N) is 3. The number of pyridine rings is 1. The second-order valence-corrected chi connectivity index (χ2v) is 8.67. The Morgan fingerprint density at radius 3 is 2.67 bits per heavy atom.